The van der Waals surface area contributed by atoms with Gasteiger partial charge >= 0.3 is 0 Å². The van der Waals surface area contributed by atoms with Crippen LogP contribution in [0.2, 0.25) is 0 Å². The highest BCUT2D eigenvalue weighted by molar-refractivity contribution is 7.90. The van der Waals surface area contributed by atoms with Crippen molar-refractivity contribution in [1.29, 1.82) is 0 Å². The summed E-state index contributed by atoms with van der Waals surface area (Å²) in [6, 6.07) is 0.294. The van der Waals surface area contributed by atoms with Crippen LogP contribution >= 0.6 is 0 Å². The van der Waals surface area contributed by atoms with E-state index in [1.165, 1.54) is 6.26 Å². The molecular weight excluding hydrogens is 264 g/mol. The van der Waals surface area contributed by atoms with Gasteiger partial charge in [-0.05, 0) is 20.9 Å². The molecule has 1 rings (SSSR count). The third-order valence-corrected chi connectivity index (χ3v) is 4.03. The summed E-state index contributed by atoms with van der Waals surface area (Å²) in [5.41, 5.74) is 6.82. The predicted molar refractivity (Wildman–Crippen MR) is 76.7 cm³/mol. The summed E-state index contributed by atoms with van der Waals surface area (Å²) < 4.78 is 24.3. The van der Waals surface area contributed by atoms with Crippen LogP contribution < -0.4 is 5.73 Å². The van der Waals surface area contributed by atoms with Crippen molar-refractivity contribution >= 4 is 9.84 Å². The summed E-state index contributed by atoms with van der Waals surface area (Å²) in [7, 11) is -1.07. The van der Waals surface area contributed by atoms with Crippen LogP contribution in [0.3, 0.4) is 0 Å². The monoisotopic (exact) mass is 288 g/mol. The van der Waals surface area contributed by atoms with Crippen molar-refractivity contribution in [3.63, 3.8) is 0 Å². The molecule has 7 heteroatoms. The average Bonchev–Trinajstić information content (AvgIpc) is 2.76. The number of aromatic nitrogens is 2. The second-order valence-electron chi connectivity index (χ2n) is 5.21. The minimum absolute atomic E-state index is 0.00532. The van der Waals surface area contributed by atoms with Crippen molar-refractivity contribution in [1.82, 2.24) is 14.7 Å². The molecular formula is C12H24N4O2S. The first-order valence-electron chi connectivity index (χ1n) is 6.36. The van der Waals surface area contributed by atoms with Gasteiger partial charge in [-0.2, -0.15) is 5.10 Å². The van der Waals surface area contributed by atoms with Gasteiger partial charge in [0.25, 0.3) is 0 Å². The molecule has 110 valence electrons. The fraction of sp³-hybridized carbons (Fsp3) is 0.750. The maximum Gasteiger partial charge on any atom is 0.148 e. The van der Waals surface area contributed by atoms with Crippen molar-refractivity contribution in [3.8, 4) is 0 Å². The number of nitrogens with two attached hydrogens (primary N) is 1. The van der Waals surface area contributed by atoms with Crippen LogP contribution in [0.25, 0.3) is 0 Å². The molecule has 0 aromatic carbocycles. The van der Waals surface area contributed by atoms with Crippen molar-refractivity contribution in [3.05, 3.63) is 18.0 Å². The zero-order valence-electron chi connectivity index (χ0n) is 12.1. The molecule has 0 spiro atoms. The molecule has 0 bridgehead atoms. The molecule has 1 aromatic heterocycles. The molecule has 0 saturated heterocycles. The van der Waals surface area contributed by atoms with Crippen LogP contribution in [0.1, 0.15) is 31.5 Å². The van der Waals surface area contributed by atoms with E-state index in [0.29, 0.717) is 19.1 Å². The molecule has 1 atom stereocenters. The van der Waals surface area contributed by atoms with Crippen molar-refractivity contribution in [2.24, 2.45) is 5.73 Å². The van der Waals surface area contributed by atoms with E-state index < -0.39 is 9.84 Å². The van der Waals surface area contributed by atoms with Crippen LogP contribution in [-0.2, 0) is 9.84 Å². The highest BCUT2D eigenvalue weighted by atomic mass is 32.2. The standard InChI is InChI=1S/C12H24N4O2S/c1-10(2)16-9-11(8-14-16)12(7-13)15(3)5-6-19(4,17)18/h8-10,12H,5-7,13H2,1-4H3. The van der Waals surface area contributed by atoms with E-state index >= 15 is 0 Å². The molecule has 0 aliphatic rings. The van der Waals surface area contributed by atoms with E-state index in [4.69, 9.17) is 5.73 Å². The number of rotatable bonds is 7. The maximum absolute atomic E-state index is 11.2. The van der Waals surface area contributed by atoms with Gasteiger partial charge in [0.2, 0.25) is 0 Å². The van der Waals surface area contributed by atoms with Gasteiger partial charge in [-0.25, -0.2) is 8.42 Å². The molecule has 2 N–H and O–H groups in total. The van der Waals surface area contributed by atoms with E-state index in [-0.39, 0.29) is 11.8 Å². The van der Waals surface area contributed by atoms with E-state index in [0.717, 1.165) is 5.56 Å². The Morgan fingerprint density at radius 2 is 2.11 bits per heavy atom. The lowest BCUT2D eigenvalue weighted by Crippen LogP contribution is -2.33. The summed E-state index contributed by atoms with van der Waals surface area (Å²) in [6.45, 7) is 5.01. The SMILES string of the molecule is CC(C)n1cc(C(CN)N(C)CCS(C)(=O)=O)cn1. The summed E-state index contributed by atoms with van der Waals surface area (Å²) >= 11 is 0. The van der Waals surface area contributed by atoms with Crippen molar-refractivity contribution < 1.29 is 8.42 Å². The molecule has 0 radical (unpaired) electrons. The predicted octanol–water partition coefficient (Wildman–Crippen LogP) is 0.440. The molecule has 1 heterocycles. The Bertz CT molecular complexity index is 496. The second-order valence-corrected chi connectivity index (χ2v) is 7.47. The summed E-state index contributed by atoms with van der Waals surface area (Å²) in [5.74, 6) is 0.137. The maximum atomic E-state index is 11.2. The molecule has 1 unspecified atom stereocenters. The van der Waals surface area contributed by atoms with Gasteiger partial charge in [-0.1, -0.05) is 0 Å². The van der Waals surface area contributed by atoms with E-state index in [9.17, 15) is 8.42 Å². The molecule has 6 nitrogen and oxygen atoms in total. The topological polar surface area (TPSA) is 81.2 Å². The van der Waals surface area contributed by atoms with Gasteiger partial charge in [0, 0.05) is 43.2 Å². The lowest BCUT2D eigenvalue weighted by atomic mass is 10.1. The molecule has 1 aromatic rings. The number of sulfone groups is 1. The second kappa shape index (κ2) is 6.49. The fourth-order valence-corrected chi connectivity index (χ4v) is 2.46. The third kappa shape index (κ3) is 4.93. The summed E-state index contributed by atoms with van der Waals surface area (Å²) in [6.07, 6.45) is 5.02. The minimum atomic E-state index is -2.95. The zero-order valence-corrected chi connectivity index (χ0v) is 12.9. The molecule has 0 aliphatic heterocycles. The summed E-state index contributed by atoms with van der Waals surface area (Å²) in [5, 5.41) is 4.29. The van der Waals surface area contributed by atoms with Crippen molar-refractivity contribution in [2.45, 2.75) is 25.9 Å². The largest absolute Gasteiger partial charge is 0.329 e. The Hall–Kier alpha value is -0.920. The van der Waals surface area contributed by atoms with Gasteiger partial charge in [0.05, 0.1) is 11.9 Å². The lowest BCUT2D eigenvalue weighted by Gasteiger charge is -2.25. The van der Waals surface area contributed by atoms with Gasteiger partial charge < -0.3 is 5.73 Å². The summed E-state index contributed by atoms with van der Waals surface area (Å²) in [4.78, 5) is 1.96. The Morgan fingerprint density at radius 3 is 2.53 bits per heavy atom. The third-order valence-electron chi connectivity index (χ3n) is 3.11. The Labute approximate surface area is 115 Å². The van der Waals surface area contributed by atoms with E-state index in [1.54, 1.807) is 6.20 Å². The first kappa shape index (κ1) is 16.1. The first-order valence-corrected chi connectivity index (χ1v) is 8.42. The normalized spacial score (nSPS) is 14.3. The Balaban J connectivity index is 2.75. The number of hydrogen-bond acceptors (Lipinski definition) is 5. The van der Waals surface area contributed by atoms with E-state index in [1.807, 2.05) is 22.8 Å². The molecule has 0 amide bonds. The molecule has 0 aliphatic carbocycles. The van der Waals surface area contributed by atoms with Crippen LogP contribution in [0.5, 0.6) is 0 Å². The van der Waals surface area contributed by atoms with Gasteiger partial charge in [-0.3, -0.25) is 9.58 Å². The van der Waals surface area contributed by atoms with Gasteiger partial charge in [-0.15, -0.1) is 0 Å². The van der Waals surface area contributed by atoms with E-state index in [2.05, 4.69) is 18.9 Å². The lowest BCUT2D eigenvalue weighted by molar-refractivity contribution is 0.264. The number of hydrogen-bond donors (Lipinski definition) is 1. The molecule has 0 fully saturated rings. The quantitative estimate of drug-likeness (QED) is 0.787. The molecule has 0 saturated carbocycles. The highest BCUT2D eigenvalue weighted by Gasteiger charge is 2.18. The zero-order chi connectivity index (χ0) is 14.6. The van der Waals surface area contributed by atoms with Crippen molar-refractivity contribution in [2.75, 3.05) is 32.1 Å². The smallest absolute Gasteiger partial charge is 0.148 e. The fourth-order valence-electron chi connectivity index (χ4n) is 1.84. The van der Waals surface area contributed by atoms with Gasteiger partial charge in [0.15, 0.2) is 0 Å². The number of likely N-dealkylation sites (N-methyl/N-ethyl adjacent to an activating group) is 1. The number of nitrogens with zero attached hydrogens (tertiary/aromatic N) is 3. The Morgan fingerprint density at radius 1 is 1.47 bits per heavy atom. The highest BCUT2D eigenvalue weighted by Crippen LogP contribution is 2.18. The van der Waals surface area contributed by atoms with Crippen LogP contribution in [0.4, 0.5) is 0 Å². The van der Waals surface area contributed by atoms with Gasteiger partial charge in [0.1, 0.15) is 9.84 Å². The first-order chi connectivity index (χ1) is 8.74. The molecule has 19 heavy (non-hydrogen) atoms. The van der Waals surface area contributed by atoms with Crippen LogP contribution in [-0.4, -0.2) is 55.2 Å². The minimum Gasteiger partial charge on any atom is -0.329 e. The average molecular weight is 288 g/mol. The van der Waals surface area contributed by atoms with Crippen LogP contribution in [0.15, 0.2) is 12.4 Å². The Kier molecular flexibility index (Phi) is 5.51. The van der Waals surface area contributed by atoms with Crippen LogP contribution in [0, 0.1) is 0 Å².